The number of pyridine rings is 2. The molecule has 0 spiro atoms. The highest BCUT2D eigenvalue weighted by atomic mass is 19.1. The summed E-state index contributed by atoms with van der Waals surface area (Å²) in [6.07, 6.45) is 3.04. The van der Waals surface area contributed by atoms with Crippen molar-refractivity contribution >= 4 is 40.5 Å². The van der Waals surface area contributed by atoms with Gasteiger partial charge in [-0.1, -0.05) is 0 Å². The number of amides is 2. The Labute approximate surface area is 250 Å². The van der Waals surface area contributed by atoms with Crippen molar-refractivity contribution in [1.82, 2.24) is 14.9 Å². The van der Waals surface area contributed by atoms with E-state index >= 15 is 4.39 Å². The van der Waals surface area contributed by atoms with Gasteiger partial charge in [0.15, 0.2) is 23.2 Å². The maximum atomic E-state index is 15.2. The summed E-state index contributed by atoms with van der Waals surface area (Å²) in [5.41, 5.74) is -0.579. The minimum atomic E-state index is -1.36. The number of hydrogen-bond donors (Lipinski definition) is 2. The fourth-order valence-electron chi connectivity index (χ4n) is 5.63. The number of rotatable bonds is 9. The highest BCUT2D eigenvalue weighted by Gasteiger charge is 2.33. The molecule has 2 saturated heterocycles. The molecule has 44 heavy (non-hydrogen) atoms. The van der Waals surface area contributed by atoms with E-state index in [-0.39, 0.29) is 60.2 Å². The SMILES string of the molecule is CC(=O)NC[C@H]1CN(c2ccc(OCC3CCN(c4nc5c(cc4F)c(=O)c(C(=O)O)cn5C4CC4)CC3)c(F)c2)C(=O)O1. The summed E-state index contributed by atoms with van der Waals surface area (Å²) >= 11 is 0. The zero-order valence-electron chi connectivity index (χ0n) is 23.9. The molecule has 2 N–H and O–H groups in total. The number of piperidine rings is 1. The Bertz CT molecular complexity index is 1700. The number of hydrogen-bond acceptors (Lipinski definition) is 8. The lowest BCUT2D eigenvalue weighted by molar-refractivity contribution is -0.119. The van der Waals surface area contributed by atoms with E-state index in [0.717, 1.165) is 18.9 Å². The van der Waals surface area contributed by atoms with Gasteiger partial charge in [0.2, 0.25) is 11.3 Å². The number of carboxylic acids is 1. The lowest BCUT2D eigenvalue weighted by Crippen LogP contribution is -2.37. The number of carbonyl (C=O) groups is 3. The maximum absolute atomic E-state index is 15.2. The van der Waals surface area contributed by atoms with Crippen molar-refractivity contribution in [2.24, 2.45) is 5.92 Å². The van der Waals surface area contributed by atoms with Gasteiger partial charge in [-0.15, -0.1) is 0 Å². The highest BCUT2D eigenvalue weighted by molar-refractivity contribution is 5.92. The summed E-state index contributed by atoms with van der Waals surface area (Å²) < 4.78 is 42.8. The first kappa shape index (κ1) is 29.3. The van der Waals surface area contributed by atoms with Gasteiger partial charge in [-0.3, -0.25) is 14.5 Å². The molecule has 3 aromatic rings. The molecule has 0 unspecified atom stereocenters. The Morgan fingerprint density at radius 1 is 1.11 bits per heavy atom. The minimum Gasteiger partial charge on any atom is -0.490 e. The van der Waals surface area contributed by atoms with E-state index in [2.05, 4.69) is 10.3 Å². The summed E-state index contributed by atoms with van der Waals surface area (Å²) in [7, 11) is 0. The van der Waals surface area contributed by atoms with Crippen LogP contribution in [0.15, 0.2) is 35.3 Å². The standard InChI is InChI=1S/C30H31F2N5O7/c1-16(38)33-12-20-13-37(30(42)44-20)19-4-5-25(23(31)10-19)43-15-17-6-8-35(9-7-17)28-24(32)11-21-26(39)22(29(40)41)14-36(18-2-3-18)27(21)34-28/h4-5,10-11,14,17-18,20H,2-3,6-9,12-13,15H2,1H3,(H,33,38)(H,40,41)/t20-/m0/s1. The molecule has 2 aliphatic heterocycles. The van der Waals surface area contributed by atoms with Crippen LogP contribution in [0.5, 0.6) is 5.75 Å². The Kier molecular flexibility index (Phi) is 7.82. The quantitative estimate of drug-likeness (QED) is 0.372. The van der Waals surface area contributed by atoms with Gasteiger partial charge in [0.25, 0.3) is 0 Å². The van der Waals surface area contributed by atoms with Crippen LogP contribution in [0, 0.1) is 17.6 Å². The summed E-state index contributed by atoms with van der Waals surface area (Å²) in [5.74, 6) is -2.71. The van der Waals surface area contributed by atoms with E-state index in [4.69, 9.17) is 9.47 Å². The van der Waals surface area contributed by atoms with Crippen LogP contribution in [0.25, 0.3) is 11.0 Å². The molecule has 4 heterocycles. The number of cyclic esters (lactones) is 1. The van der Waals surface area contributed by atoms with Crippen LogP contribution in [0.3, 0.4) is 0 Å². The van der Waals surface area contributed by atoms with E-state index < -0.39 is 40.8 Å². The van der Waals surface area contributed by atoms with Crippen LogP contribution in [-0.2, 0) is 9.53 Å². The van der Waals surface area contributed by atoms with E-state index in [1.807, 2.05) is 0 Å². The molecule has 2 aromatic heterocycles. The molecular weight excluding hydrogens is 580 g/mol. The fourth-order valence-corrected chi connectivity index (χ4v) is 5.63. The summed E-state index contributed by atoms with van der Waals surface area (Å²) in [5, 5.41) is 12.0. The number of nitrogens with zero attached hydrogens (tertiary/aromatic N) is 4. The number of aromatic nitrogens is 2. The smallest absolute Gasteiger partial charge is 0.414 e. The largest absolute Gasteiger partial charge is 0.490 e. The van der Waals surface area contributed by atoms with Crippen molar-refractivity contribution in [3.05, 3.63) is 57.9 Å². The van der Waals surface area contributed by atoms with E-state index in [9.17, 15) is 28.7 Å². The Balaban J connectivity index is 1.08. The van der Waals surface area contributed by atoms with Crippen LogP contribution in [0.4, 0.5) is 25.1 Å². The number of halogens is 2. The van der Waals surface area contributed by atoms with Gasteiger partial charge >= 0.3 is 12.1 Å². The monoisotopic (exact) mass is 611 g/mol. The van der Waals surface area contributed by atoms with Crippen LogP contribution >= 0.6 is 0 Å². The summed E-state index contributed by atoms with van der Waals surface area (Å²) in [4.78, 5) is 55.3. The molecule has 14 heteroatoms. The first-order valence-electron chi connectivity index (χ1n) is 14.5. The molecule has 2 amide bonds. The number of carboxylic acid groups (broad SMARTS) is 1. The number of benzene rings is 1. The van der Waals surface area contributed by atoms with Crippen LogP contribution in [-0.4, -0.2) is 71.5 Å². The zero-order chi connectivity index (χ0) is 31.1. The van der Waals surface area contributed by atoms with Gasteiger partial charge in [-0.2, -0.15) is 0 Å². The highest BCUT2D eigenvalue weighted by Crippen LogP contribution is 2.37. The summed E-state index contributed by atoms with van der Waals surface area (Å²) in [6, 6.07) is 5.33. The second kappa shape index (κ2) is 11.7. The average Bonchev–Trinajstić information content (AvgIpc) is 3.77. The first-order chi connectivity index (χ1) is 21.1. The van der Waals surface area contributed by atoms with Crippen molar-refractivity contribution < 1.29 is 37.7 Å². The second-order valence-corrected chi connectivity index (χ2v) is 11.4. The van der Waals surface area contributed by atoms with Crippen molar-refractivity contribution in [2.45, 2.75) is 44.8 Å². The van der Waals surface area contributed by atoms with Gasteiger partial charge in [0.1, 0.15) is 17.3 Å². The molecule has 1 aromatic carbocycles. The molecular formula is C30H31F2N5O7. The topological polar surface area (TPSA) is 143 Å². The maximum Gasteiger partial charge on any atom is 0.414 e. The molecule has 6 rings (SSSR count). The van der Waals surface area contributed by atoms with Crippen molar-refractivity contribution in [2.75, 3.05) is 42.6 Å². The van der Waals surface area contributed by atoms with Crippen molar-refractivity contribution in [1.29, 1.82) is 0 Å². The van der Waals surface area contributed by atoms with Gasteiger partial charge in [-0.25, -0.2) is 23.4 Å². The van der Waals surface area contributed by atoms with E-state index in [0.29, 0.717) is 31.6 Å². The molecule has 1 aliphatic carbocycles. The molecule has 0 bridgehead atoms. The molecule has 3 aliphatic rings. The number of fused-ring (bicyclic) bond motifs is 1. The normalized spacial score (nSPS) is 18.9. The Morgan fingerprint density at radius 3 is 2.52 bits per heavy atom. The number of ether oxygens (including phenoxy) is 2. The van der Waals surface area contributed by atoms with Crippen LogP contribution in [0.1, 0.15) is 49.0 Å². The third-order valence-corrected chi connectivity index (χ3v) is 8.18. The first-order valence-corrected chi connectivity index (χ1v) is 14.5. The molecule has 12 nitrogen and oxygen atoms in total. The predicted octanol–water partition coefficient (Wildman–Crippen LogP) is 3.46. The number of anilines is 2. The van der Waals surface area contributed by atoms with Gasteiger partial charge in [-0.05, 0) is 49.8 Å². The third kappa shape index (κ3) is 5.88. The van der Waals surface area contributed by atoms with Crippen LogP contribution < -0.4 is 25.3 Å². The molecule has 1 saturated carbocycles. The molecule has 0 radical (unpaired) electrons. The number of aromatic carboxylic acids is 1. The van der Waals surface area contributed by atoms with Crippen molar-refractivity contribution in [3.8, 4) is 5.75 Å². The lowest BCUT2D eigenvalue weighted by Gasteiger charge is -2.33. The minimum absolute atomic E-state index is 0.0236. The summed E-state index contributed by atoms with van der Waals surface area (Å²) in [6.45, 7) is 2.86. The Morgan fingerprint density at radius 2 is 1.86 bits per heavy atom. The molecule has 1 atom stereocenters. The third-order valence-electron chi connectivity index (χ3n) is 8.18. The second-order valence-electron chi connectivity index (χ2n) is 11.4. The molecule has 3 fully saturated rings. The van der Waals surface area contributed by atoms with E-state index in [1.165, 1.54) is 30.2 Å². The van der Waals surface area contributed by atoms with Gasteiger partial charge in [0.05, 0.1) is 30.8 Å². The average molecular weight is 612 g/mol. The molecule has 232 valence electrons. The fraction of sp³-hybridized carbons (Fsp3) is 0.433. The van der Waals surface area contributed by atoms with E-state index in [1.54, 1.807) is 15.5 Å². The van der Waals surface area contributed by atoms with Gasteiger partial charge < -0.3 is 29.4 Å². The van der Waals surface area contributed by atoms with Crippen molar-refractivity contribution in [3.63, 3.8) is 0 Å². The number of carbonyl (C=O) groups excluding carboxylic acids is 2. The lowest BCUT2D eigenvalue weighted by atomic mass is 9.97. The number of nitrogens with one attached hydrogen (secondary N) is 1. The predicted molar refractivity (Wildman–Crippen MR) is 154 cm³/mol. The Hall–Kier alpha value is -4.75. The zero-order valence-corrected chi connectivity index (χ0v) is 23.9. The van der Waals surface area contributed by atoms with Gasteiger partial charge in [0, 0.05) is 38.3 Å². The van der Waals surface area contributed by atoms with Crippen LogP contribution in [0.2, 0.25) is 0 Å².